The lowest BCUT2D eigenvalue weighted by atomic mass is 9.84. The van der Waals surface area contributed by atoms with Crippen LogP contribution >= 0.6 is 11.6 Å². The lowest BCUT2D eigenvalue weighted by molar-refractivity contribution is -0.137. The van der Waals surface area contributed by atoms with Gasteiger partial charge in [-0.1, -0.05) is 55.8 Å². The number of nitrogens with zero attached hydrogens (tertiary/aromatic N) is 1. The number of aliphatic hydroxyl groups is 1. The van der Waals surface area contributed by atoms with Gasteiger partial charge in [0.1, 0.15) is 11.6 Å². The molecule has 224 valence electrons. The maximum Gasteiger partial charge on any atom is 0.417 e. The zero-order valence-electron chi connectivity index (χ0n) is 23.3. The first kappa shape index (κ1) is 32.8. The molecule has 3 aromatic carbocycles. The highest BCUT2D eigenvalue weighted by Gasteiger charge is 2.34. The zero-order chi connectivity index (χ0) is 30.6. The highest BCUT2D eigenvalue weighted by atomic mass is 35.5. The van der Waals surface area contributed by atoms with Crippen LogP contribution in [0.25, 0.3) is 0 Å². The van der Waals surface area contributed by atoms with Gasteiger partial charge in [0.15, 0.2) is 9.84 Å². The van der Waals surface area contributed by atoms with Gasteiger partial charge >= 0.3 is 6.18 Å². The van der Waals surface area contributed by atoms with Gasteiger partial charge < -0.3 is 9.84 Å². The summed E-state index contributed by atoms with van der Waals surface area (Å²) in [6.45, 7) is 6.58. The molecule has 3 rings (SSSR count). The Morgan fingerprint density at radius 3 is 2.29 bits per heavy atom. The molecule has 0 aliphatic rings. The Balaban J connectivity index is 1.79. The normalized spacial score (nSPS) is 13.4. The molecule has 0 bridgehead atoms. The molecule has 0 aliphatic carbocycles. The number of sulfone groups is 1. The first-order valence-corrected chi connectivity index (χ1v) is 15.2. The highest BCUT2D eigenvalue weighted by molar-refractivity contribution is 7.90. The Morgan fingerprint density at radius 2 is 1.71 bits per heavy atom. The highest BCUT2D eigenvalue weighted by Crippen LogP contribution is 2.37. The van der Waals surface area contributed by atoms with Crippen molar-refractivity contribution in [3.8, 4) is 5.75 Å². The predicted octanol–water partition coefficient (Wildman–Crippen LogP) is 7.20. The van der Waals surface area contributed by atoms with E-state index in [0.29, 0.717) is 30.8 Å². The molecule has 1 unspecified atom stereocenters. The molecule has 0 radical (unpaired) electrons. The van der Waals surface area contributed by atoms with Crippen LogP contribution in [0.3, 0.4) is 0 Å². The summed E-state index contributed by atoms with van der Waals surface area (Å²) in [6, 6.07) is 14.4. The molecule has 1 atom stereocenters. The van der Waals surface area contributed by atoms with Crippen molar-refractivity contribution in [3.63, 3.8) is 0 Å². The Morgan fingerprint density at radius 1 is 1.05 bits per heavy atom. The largest absolute Gasteiger partial charge is 0.494 e. The molecular weight excluding hydrogens is 582 g/mol. The maximum absolute atomic E-state index is 13.5. The van der Waals surface area contributed by atoms with Gasteiger partial charge in [0, 0.05) is 31.3 Å². The third kappa shape index (κ3) is 8.91. The average Bonchev–Trinajstić information content (AvgIpc) is 2.86. The molecule has 0 heterocycles. The SMILES string of the molecule is CC(O)c1ccc(OCCCN(Cc2cccc(C(F)(F)F)c2Cl)CC(C)(C)c2ccc(F)cc2)cc1S(C)(=O)=O. The van der Waals surface area contributed by atoms with E-state index >= 15 is 0 Å². The number of alkyl halides is 3. The van der Waals surface area contributed by atoms with Crippen molar-refractivity contribution in [2.24, 2.45) is 0 Å². The number of aliphatic hydroxyl groups excluding tert-OH is 1. The van der Waals surface area contributed by atoms with Crippen LogP contribution in [0.1, 0.15) is 55.5 Å². The van der Waals surface area contributed by atoms with Crippen LogP contribution in [-0.4, -0.2) is 44.4 Å². The van der Waals surface area contributed by atoms with E-state index in [4.69, 9.17) is 16.3 Å². The van der Waals surface area contributed by atoms with E-state index in [-0.39, 0.29) is 34.5 Å². The van der Waals surface area contributed by atoms with Gasteiger partial charge in [-0.2, -0.15) is 13.2 Å². The van der Waals surface area contributed by atoms with Crippen LogP contribution in [0.4, 0.5) is 17.6 Å². The molecule has 0 fully saturated rings. The first-order chi connectivity index (χ1) is 19.0. The number of ether oxygens (including phenoxy) is 1. The summed E-state index contributed by atoms with van der Waals surface area (Å²) in [5.41, 5.74) is 0.0712. The molecular formula is C30H34ClF4NO4S. The second-order valence-corrected chi connectivity index (χ2v) is 13.1. The fourth-order valence-corrected chi connectivity index (χ4v) is 5.97. The lowest BCUT2D eigenvalue weighted by Crippen LogP contribution is -2.38. The van der Waals surface area contributed by atoms with E-state index in [1.54, 1.807) is 24.3 Å². The van der Waals surface area contributed by atoms with Crippen LogP contribution in [0.2, 0.25) is 5.02 Å². The average molecular weight is 616 g/mol. The Bertz CT molecular complexity index is 1440. The Labute approximate surface area is 243 Å². The molecule has 0 aromatic heterocycles. The van der Waals surface area contributed by atoms with E-state index in [1.165, 1.54) is 37.3 Å². The lowest BCUT2D eigenvalue weighted by Gasteiger charge is -2.34. The summed E-state index contributed by atoms with van der Waals surface area (Å²) in [6.07, 6.45) is -4.05. The third-order valence-corrected chi connectivity index (χ3v) is 8.34. The fraction of sp³-hybridized carbons (Fsp3) is 0.400. The minimum atomic E-state index is -4.59. The molecule has 11 heteroatoms. The van der Waals surface area contributed by atoms with Crippen molar-refractivity contribution in [1.29, 1.82) is 0 Å². The van der Waals surface area contributed by atoms with Crippen molar-refractivity contribution in [1.82, 2.24) is 4.90 Å². The van der Waals surface area contributed by atoms with Crippen LogP contribution in [0.15, 0.2) is 65.6 Å². The van der Waals surface area contributed by atoms with Crippen LogP contribution in [0.5, 0.6) is 5.75 Å². The van der Waals surface area contributed by atoms with Crippen LogP contribution < -0.4 is 4.74 Å². The summed E-state index contributed by atoms with van der Waals surface area (Å²) in [5, 5.41) is 9.57. The Hall–Kier alpha value is -2.66. The number of rotatable bonds is 12. The van der Waals surface area contributed by atoms with Gasteiger partial charge in [0.2, 0.25) is 0 Å². The quantitative estimate of drug-likeness (QED) is 0.172. The van der Waals surface area contributed by atoms with Crippen LogP contribution in [-0.2, 0) is 28.0 Å². The van der Waals surface area contributed by atoms with E-state index in [9.17, 15) is 31.1 Å². The molecule has 0 aliphatic heterocycles. The van der Waals surface area contributed by atoms with Crippen molar-refractivity contribution in [3.05, 3.63) is 93.8 Å². The topological polar surface area (TPSA) is 66.8 Å². The van der Waals surface area contributed by atoms with Gasteiger partial charge in [0.25, 0.3) is 0 Å². The number of benzene rings is 3. The molecule has 0 saturated heterocycles. The van der Waals surface area contributed by atoms with Crippen molar-refractivity contribution in [2.75, 3.05) is 26.0 Å². The molecule has 41 heavy (non-hydrogen) atoms. The summed E-state index contributed by atoms with van der Waals surface area (Å²) in [7, 11) is -3.61. The first-order valence-electron chi connectivity index (χ1n) is 13.0. The van der Waals surface area contributed by atoms with E-state index < -0.39 is 33.1 Å². The number of hydrogen-bond acceptors (Lipinski definition) is 5. The number of hydrogen-bond donors (Lipinski definition) is 1. The van der Waals surface area contributed by atoms with Gasteiger partial charge in [-0.25, -0.2) is 12.8 Å². The van der Waals surface area contributed by atoms with Crippen molar-refractivity contribution < 1.29 is 35.8 Å². The van der Waals surface area contributed by atoms with Crippen molar-refractivity contribution in [2.45, 2.75) is 56.3 Å². The predicted molar refractivity (Wildman–Crippen MR) is 151 cm³/mol. The second-order valence-electron chi connectivity index (χ2n) is 10.7. The molecule has 0 saturated carbocycles. The maximum atomic E-state index is 13.5. The smallest absolute Gasteiger partial charge is 0.417 e. The summed E-state index contributed by atoms with van der Waals surface area (Å²) < 4.78 is 84.2. The molecule has 0 amide bonds. The third-order valence-electron chi connectivity index (χ3n) is 6.74. The van der Waals surface area contributed by atoms with E-state index in [1.807, 2.05) is 18.7 Å². The van der Waals surface area contributed by atoms with E-state index in [2.05, 4.69) is 0 Å². The van der Waals surface area contributed by atoms with Crippen LogP contribution in [0, 0.1) is 5.82 Å². The van der Waals surface area contributed by atoms with Crippen molar-refractivity contribution >= 4 is 21.4 Å². The van der Waals surface area contributed by atoms with Gasteiger partial charge in [-0.15, -0.1) is 0 Å². The minimum Gasteiger partial charge on any atom is -0.494 e. The monoisotopic (exact) mass is 615 g/mol. The standard InChI is InChI=1S/C30H34ClF4NO4S/c1-20(37)25-14-13-24(17-27(25)41(4,38)39)40-16-6-15-36(19-29(2,3)22-9-11-23(32)12-10-22)18-21-7-5-8-26(28(21)31)30(33,34)35/h5,7-14,17,20,37H,6,15-16,18-19H2,1-4H3. The summed E-state index contributed by atoms with van der Waals surface area (Å²) >= 11 is 6.19. The summed E-state index contributed by atoms with van der Waals surface area (Å²) in [5.74, 6) is -0.0521. The van der Waals surface area contributed by atoms with Gasteiger partial charge in [-0.05, 0) is 60.4 Å². The summed E-state index contributed by atoms with van der Waals surface area (Å²) in [4.78, 5) is 1.94. The Kier molecular flexibility index (Phi) is 10.5. The molecule has 0 spiro atoms. The molecule has 1 N–H and O–H groups in total. The minimum absolute atomic E-state index is 0.0214. The molecule has 5 nitrogen and oxygen atoms in total. The fourth-order valence-electron chi connectivity index (χ4n) is 4.68. The van der Waals surface area contributed by atoms with E-state index in [0.717, 1.165) is 17.9 Å². The van der Waals surface area contributed by atoms with Gasteiger partial charge in [0.05, 0.1) is 28.2 Å². The second kappa shape index (κ2) is 13.1. The van der Waals surface area contributed by atoms with Gasteiger partial charge in [-0.3, -0.25) is 4.90 Å². The zero-order valence-corrected chi connectivity index (χ0v) is 24.9. The number of halogens is 5. The molecule has 3 aromatic rings.